The Bertz CT molecular complexity index is 616. The molecule has 4 N–H and O–H groups in total. The Morgan fingerprint density at radius 3 is 2.81 bits per heavy atom. The number of aromatic nitrogens is 5. The lowest BCUT2D eigenvalue weighted by Gasteiger charge is -2.28. The third-order valence-electron chi connectivity index (χ3n) is 3.77. The quantitative estimate of drug-likeness (QED) is 0.544. The molecule has 1 saturated heterocycles. The summed E-state index contributed by atoms with van der Waals surface area (Å²) in [6.45, 7) is 4.83. The Morgan fingerprint density at radius 2 is 2.19 bits per heavy atom. The summed E-state index contributed by atoms with van der Waals surface area (Å²) >= 11 is 0. The van der Waals surface area contributed by atoms with Crippen molar-refractivity contribution in [1.29, 1.82) is 0 Å². The number of anilines is 2. The van der Waals surface area contributed by atoms with Crippen LogP contribution in [0.2, 0.25) is 0 Å². The minimum atomic E-state index is -0.223. The van der Waals surface area contributed by atoms with E-state index in [9.17, 15) is 0 Å². The van der Waals surface area contributed by atoms with Crippen LogP contribution < -0.4 is 16.6 Å². The molecule has 2 aromatic rings. The summed E-state index contributed by atoms with van der Waals surface area (Å²) in [6, 6.07) is 0. The van der Waals surface area contributed by atoms with Gasteiger partial charge in [-0.1, -0.05) is 0 Å². The number of rotatable bonds is 4. The fraction of sp³-hybridized carbons (Fsp3) is 0.500. The van der Waals surface area contributed by atoms with E-state index in [0.717, 1.165) is 6.42 Å². The second kappa shape index (κ2) is 5.26. The Morgan fingerprint density at radius 1 is 1.38 bits per heavy atom. The van der Waals surface area contributed by atoms with Crippen LogP contribution in [0.15, 0.2) is 18.7 Å². The van der Waals surface area contributed by atoms with Gasteiger partial charge < -0.3 is 10.1 Å². The lowest BCUT2D eigenvalue weighted by atomic mass is 9.95. The molecule has 2 unspecified atom stereocenters. The summed E-state index contributed by atoms with van der Waals surface area (Å²) in [4.78, 5) is 16.8. The first-order valence-corrected chi connectivity index (χ1v) is 6.71. The summed E-state index contributed by atoms with van der Waals surface area (Å²) in [5.41, 5.74) is 2.23. The molecular weight excluding hydrogens is 272 g/mol. The van der Waals surface area contributed by atoms with Crippen molar-refractivity contribution in [3.63, 3.8) is 0 Å². The summed E-state index contributed by atoms with van der Waals surface area (Å²) in [5.74, 6) is 6.60. The van der Waals surface area contributed by atoms with Crippen molar-refractivity contribution in [2.24, 2.45) is 5.84 Å². The summed E-state index contributed by atoms with van der Waals surface area (Å²) in [5, 5.41) is 3.33. The molecule has 9 nitrogen and oxygen atoms in total. The van der Waals surface area contributed by atoms with Crippen LogP contribution in [0.1, 0.15) is 20.3 Å². The monoisotopic (exact) mass is 290 g/mol. The number of nitrogen functional groups attached to an aromatic ring is 1. The largest absolute Gasteiger partial charge is 0.376 e. The lowest BCUT2D eigenvalue weighted by Crippen LogP contribution is -2.42. The Hall–Kier alpha value is -2.26. The van der Waals surface area contributed by atoms with Gasteiger partial charge in [-0.2, -0.15) is 15.0 Å². The number of nitrogens with one attached hydrogen (secondary N) is 2. The highest BCUT2D eigenvalue weighted by molar-refractivity contribution is 5.39. The molecule has 112 valence electrons. The smallest absolute Gasteiger partial charge is 0.243 e. The van der Waals surface area contributed by atoms with E-state index < -0.39 is 0 Å². The molecule has 3 heterocycles. The topological polar surface area (TPSA) is 116 Å². The molecule has 0 bridgehead atoms. The van der Waals surface area contributed by atoms with Gasteiger partial charge in [0.25, 0.3) is 0 Å². The first-order chi connectivity index (χ1) is 10.1. The van der Waals surface area contributed by atoms with E-state index in [1.54, 1.807) is 23.3 Å². The SMILES string of the molecule is CC1OCCC1(C)Nc1nc(NN)nc(-n2ccnc2)n1. The minimum Gasteiger partial charge on any atom is -0.376 e. The molecule has 1 aliphatic rings. The van der Waals surface area contributed by atoms with Crippen LogP contribution in [0, 0.1) is 0 Å². The average Bonchev–Trinajstić information content (AvgIpc) is 3.10. The molecule has 1 aliphatic heterocycles. The molecule has 0 amide bonds. The van der Waals surface area contributed by atoms with Gasteiger partial charge in [0.1, 0.15) is 6.33 Å². The molecule has 0 spiro atoms. The van der Waals surface area contributed by atoms with Gasteiger partial charge in [0.2, 0.25) is 17.8 Å². The zero-order chi connectivity index (χ0) is 14.9. The summed E-state index contributed by atoms with van der Waals surface area (Å²) < 4.78 is 7.30. The van der Waals surface area contributed by atoms with E-state index in [4.69, 9.17) is 10.6 Å². The normalized spacial score (nSPS) is 25.0. The number of hydrogen-bond donors (Lipinski definition) is 3. The van der Waals surface area contributed by atoms with Crippen LogP contribution in [0.5, 0.6) is 0 Å². The van der Waals surface area contributed by atoms with Gasteiger partial charge in [0, 0.05) is 19.0 Å². The molecule has 0 radical (unpaired) electrons. The molecule has 0 aliphatic carbocycles. The van der Waals surface area contributed by atoms with Crippen LogP contribution in [0.4, 0.5) is 11.9 Å². The molecule has 1 fully saturated rings. The minimum absolute atomic E-state index is 0.0697. The zero-order valence-electron chi connectivity index (χ0n) is 11.9. The number of nitrogens with two attached hydrogens (primary N) is 1. The highest BCUT2D eigenvalue weighted by Crippen LogP contribution is 2.28. The third kappa shape index (κ3) is 2.65. The average molecular weight is 290 g/mol. The number of hydrogen-bond acceptors (Lipinski definition) is 8. The second-order valence-corrected chi connectivity index (χ2v) is 5.20. The standard InChI is InChI=1S/C12H18N8O/c1-8-12(2,3-6-21-8)18-9-15-10(19-13)17-11(16-9)20-5-4-14-7-20/h4-5,7-8H,3,6,13H2,1-2H3,(H2,15,16,17,18,19). The van der Waals surface area contributed by atoms with E-state index in [1.807, 2.05) is 6.92 Å². The molecular formula is C12H18N8O. The molecule has 3 rings (SSSR count). The number of hydrazine groups is 1. The van der Waals surface area contributed by atoms with Gasteiger partial charge >= 0.3 is 0 Å². The number of ether oxygens (including phenoxy) is 1. The fourth-order valence-electron chi connectivity index (χ4n) is 2.23. The van der Waals surface area contributed by atoms with Crippen molar-refractivity contribution in [1.82, 2.24) is 24.5 Å². The van der Waals surface area contributed by atoms with E-state index in [2.05, 4.69) is 37.6 Å². The second-order valence-electron chi connectivity index (χ2n) is 5.20. The Labute approximate surface area is 121 Å². The third-order valence-corrected chi connectivity index (χ3v) is 3.77. The molecule has 0 aromatic carbocycles. The molecule has 0 saturated carbocycles. The number of nitrogens with zero attached hydrogens (tertiary/aromatic N) is 5. The van der Waals surface area contributed by atoms with Crippen molar-refractivity contribution in [3.8, 4) is 5.95 Å². The van der Waals surface area contributed by atoms with Crippen LogP contribution in [0.3, 0.4) is 0 Å². The highest BCUT2D eigenvalue weighted by atomic mass is 16.5. The first kappa shape index (κ1) is 13.7. The maximum Gasteiger partial charge on any atom is 0.243 e. The molecule has 2 atom stereocenters. The lowest BCUT2D eigenvalue weighted by molar-refractivity contribution is 0.105. The van der Waals surface area contributed by atoms with Crippen molar-refractivity contribution < 1.29 is 4.74 Å². The van der Waals surface area contributed by atoms with Crippen LogP contribution in [-0.4, -0.2) is 42.8 Å². The maximum atomic E-state index is 5.61. The first-order valence-electron chi connectivity index (χ1n) is 6.71. The summed E-state index contributed by atoms with van der Waals surface area (Å²) in [7, 11) is 0. The Balaban J connectivity index is 1.93. The Kier molecular flexibility index (Phi) is 3.43. The van der Waals surface area contributed by atoms with Crippen LogP contribution in [0.25, 0.3) is 5.95 Å². The van der Waals surface area contributed by atoms with Gasteiger partial charge in [0.05, 0.1) is 11.6 Å². The van der Waals surface area contributed by atoms with Crippen molar-refractivity contribution in [2.75, 3.05) is 17.3 Å². The van der Waals surface area contributed by atoms with E-state index >= 15 is 0 Å². The summed E-state index contributed by atoms with van der Waals surface area (Å²) in [6.07, 6.45) is 5.97. The molecule has 2 aromatic heterocycles. The molecule has 21 heavy (non-hydrogen) atoms. The van der Waals surface area contributed by atoms with Gasteiger partial charge in [-0.25, -0.2) is 10.8 Å². The van der Waals surface area contributed by atoms with Gasteiger partial charge in [-0.05, 0) is 20.3 Å². The van der Waals surface area contributed by atoms with Gasteiger partial charge in [-0.15, -0.1) is 0 Å². The zero-order valence-corrected chi connectivity index (χ0v) is 11.9. The highest BCUT2D eigenvalue weighted by Gasteiger charge is 2.37. The molecule has 9 heteroatoms. The van der Waals surface area contributed by atoms with Gasteiger partial charge in [-0.3, -0.25) is 9.99 Å². The van der Waals surface area contributed by atoms with Crippen LogP contribution >= 0.6 is 0 Å². The maximum absolute atomic E-state index is 5.61. The predicted molar refractivity (Wildman–Crippen MR) is 76.8 cm³/mol. The van der Waals surface area contributed by atoms with Crippen molar-refractivity contribution in [2.45, 2.75) is 31.9 Å². The number of imidazole rings is 1. The van der Waals surface area contributed by atoms with E-state index in [1.165, 1.54) is 0 Å². The van der Waals surface area contributed by atoms with E-state index in [-0.39, 0.29) is 17.6 Å². The van der Waals surface area contributed by atoms with Crippen LogP contribution in [-0.2, 0) is 4.74 Å². The van der Waals surface area contributed by atoms with E-state index in [0.29, 0.717) is 18.5 Å². The predicted octanol–water partition coefficient (Wildman–Crippen LogP) is 0.322. The van der Waals surface area contributed by atoms with Crippen molar-refractivity contribution >= 4 is 11.9 Å². The van der Waals surface area contributed by atoms with Crippen molar-refractivity contribution in [3.05, 3.63) is 18.7 Å². The van der Waals surface area contributed by atoms with Gasteiger partial charge in [0.15, 0.2) is 0 Å². The fourth-order valence-corrected chi connectivity index (χ4v) is 2.23.